The molecule has 4 rings (SSSR count). The first-order chi connectivity index (χ1) is 14.6. The van der Waals surface area contributed by atoms with E-state index < -0.39 is 0 Å². The molecule has 0 atom stereocenters. The number of methoxy groups -OCH3 is 3. The van der Waals surface area contributed by atoms with E-state index in [2.05, 4.69) is 10.5 Å². The van der Waals surface area contributed by atoms with E-state index in [0.29, 0.717) is 33.8 Å². The van der Waals surface area contributed by atoms with Crippen LogP contribution in [0.1, 0.15) is 16.7 Å². The van der Waals surface area contributed by atoms with Crippen LogP contribution in [0.2, 0.25) is 5.02 Å². The summed E-state index contributed by atoms with van der Waals surface area (Å²) in [4.78, 5) is 4.80. The van der Waals surface area contributed by atoms with Crippen LogP contribution in [0.3, 0.4) is 0 Å². The molecule has 3 aromatic rings. The molecule has 1 N–H and O–H groups in total. The number of amidine groups is 1. The van der Waals surface area contributed by atoms with Gasteiger partial charge in [0.05, 0.1) is 27.0 Å². The lowest BCUT2D eigenvalue weighted by atomic mass is 10.00. The Bertz CT molecular complexity index is 1140. The maximum atomic E-state index is 6.03. The van der Waals surface area contributed by atoms with Gasteiger partial charge in [-0.1, -0.05) is 11.6 Å². The lowest BCUT2D eigenvalue weighted by Crippen LogP contribution is -2.19. The van der Waals surface area contributed by atoms with Gasteiger partial charge in [0.2, 0.25) is 0 Å². The zero-order valence-electron chi connectivity index (χ0n) is 16.8. The van der Waals surface area contributed by atoms with E-state index in [0.717, 1.165) is 22.4 Å². The van der Waals surface area contributed by atoms with Crippen LogP contribution in [0.5, 0.6) is 17.2 Å². The Balaban J connectivity index is 1.86. The van der Waals surface area contributed by atoms with Gasteiger partial charge in [-0.15, -0.1) is 0 Å². The number of aliphatic imine (C=N–C) groups is 1. The molecule has 1 heterocycles. The fraction of sp³-hybridized carbons (Fsp3) is 0.130. The van der Waals surface area contributed by atoms with Crippen LogP contribution in [-0.4, -0.2) is 32.9 Å². The molecule has 1 aliphatic rings. The Morgan fingerprint density at radius 1 is 0.767 bits per heavy atom. The second kappa shape index (κ2) is 8.47. The predicted octanol–water partition coefficient (Wildman–Crippen LogP) is 4.80. The number of hydrogen-bond donors (Lipinski definition) is 1. The minimum atomic E-state index is 0.616. The quantitative estimate of drug-likeness (QED) is 0.642. The van der Waals surface area contributed by atoms with E-state index >= 15 is 0 Å². The van der Waals surface area contributed by atoms with E-state index in [1.54, 1.807) is 21.3 Å². The topological polar surface area (TPSA) is 64.4 Å². The number of benzene rings is 3. The number of nitrogens with one attached hydrogen (secondary N) is 1. The van der Waals surface area contributed by atoms with E-state index in [1.807, 2.05) is 60.7 Å². The van der Waals surface area contributed by atoms with Crippen molar-refractivity contribution in [2.24, 2.45) is 10.1 Å². The lowest BCUT2D eigenvalue weighted by Gasteiger charge is -2.12. The monoisotopic (exact) mass is 421 g/mol. The first-order valence-corrected chi connectivity index (χ1v) is 9.60. The van der Waals surface area contributed by atoms with Gasteiger partial charge < -0.3 is 14.2 Å². The second-order valence-corrected chi connectivity index (χ2v) is 6.93. The number of fused-ring (bicyclic) bond motifs is 1. The molecule has 3 aromatic carbocycles. The normalized spacial score (nSPS) is 12.7. The van der Waals surface area contributed by atoms with Crippen LogP contribution in [0.4, 0.5) is 5.69 Å². The summed E-state index contributed by atoms with van der Waals surface area (Å²) in [6.07, 6.45) is 0. The van der Waals surface area contributed by atoms with E-state index in [-0.39, 0.29) is 0 Å². The SMILES string of the molecule is COc1ccc2c(c1)C(c1ccc(OC)c(OC)c1)=NNC(c1ccc(Cl)cc1)=N2. The van der Waals surface area contributed by atoms with Gasteiger partial charge in [0.25, 0.3) is 0 Å². The summed E-state index contributed by atoms with van der Waals surface area (Å²) in [5.41, 5.74) is 7.12. The summed E-state index contributed by atoms with van der Waals surface area (Å²) in [6, 6.07) is 18.8. The maximum absolute atomic E-state index is 6.03. The highest BCUT2D eigenvalue weighted by Gasteiger charge is 2.19. The first kappa shape index (κ1) is 19.8. The Hall–Kier alpha value is -3.51. The van der Waals surface area contributed by atoms with Crippen molar-refractivity contribution in [3.8, 4) is 17.2 Å². The molecule has 7 heteroatoms. The standard InChI is InChI=1S/C23H20ClN3O3/c1-28-17-9-10-19-18(13-17)22(15-6-11-20(29-2)21(12-15)30-3)26-27-23(25-19)14-4-7-16(24)8-5-14/h4-13H,1-3H3,(H,25,27). The summed E-state index contributed by atoms with van der Waals surface area (Å²) in [5, 5.41) is 5.33. The minimum absolute atomic E-state index is 0.616. The maximum Gasteiger partial charge on any atom is 0.161 e. The van der Waals surface area contributed by atoms with Crippen molar-refractivity contribution in [2.75, 3.05) is 21.3 Å². The Morgan fingerprint density at radius 2 is 1.50 bits per heavy atom. The molecule has 0 amide bonds. The minimum Gasteiger partial charge on any atom is -0.497 e. The number of hydrazone groups is 1. The van der Waals surface area contributed by atoms with Crippen molar-refractivity contribution in [1.29, 1.82) is 0 Å². The van der Waals surface area contributed by atoms with Crippen LogP contribution in [0.25, 0.3) is 0 Å². The number of ether oxygens (including phenoxy) is 3. The zero-order valence-corrected chi connectivity index (χ0v) is 17.5. The van der Waals surface area contributed by atoms with Crippen LogP contribution in [0.15, 0.2) is 70.8 Å². The largest absolute Gasteiger partial charge is 0.497 e. The molecular formula is C23H20ClN3O3. The molecule has 0 spiro atoms. The molecule has 0 unspecified atom stereocenters. The van der Waals surface area contributed by atoms with Crippen molar-refractivity contribution in [1.82, 2.24) is 5.43 Å². The van der Waals surface area contributed by atoms with Crippen LogP contribution >= 0.6 is 11.6 Å². The Labute approximate surface area is 179 Å². The molecule has 1 aliphatic heterocycles. The van der Waals surface area contributed by atoms with Gasteiger partial charge in [0.15, 0.2) is 17.3 Å². The Kier molecular flexibility index (Phi) is 5.59. The Morgan fingerprint density at radius 3 is 2.20 bits per heavy atom. The smallest absolute Gasteiger partial charge is 0.161 e. The first-order valence-electron chi connectivity index (χ1n) is 9.22. The summed E-state index contributed by atoms with van der Waals surface area (Å²) in [5.74, 6) is 2.60. The third-order valence-electron chi connectivity index (χ3n) is 4.74. The van der Waals surface area contributed by atoms with E-state index in [9.17, 15) is 0 Å². The van der Waals surface area contributed by atoms with Gasteiger partial charge in [0.1, 0.15) is 11.5 Å². The molecule has 0 saturated carbocycles. The van der Waals surface area contributed by atoms with Crippen molar-refractivity contribution in [3.63, 3.8) is 0 Å². The fourth-order valence-corrected chi connectivity index (χ4v) is 3.31. The molecule has 0 radical (unpaired) electrons. The lowest BCUT2D eigenvalue weighted by molar-refractivity contribution is 0.355. The number of hydrogen-bond acceptors (Lipinski definition) is 6. The predicted molar refractivity (Wildman–Crippen MR) is 119 cm³/mol. The highest BCUT2D eigenvalue weighted by molar-refractivity contribution is 6.30. The summed E-state index contributed by atoms with van der Waals surface area (Å²) in [7, 11) is 4.84. The molecule has 0 fully saturated rings. The molecule has 0 aromatic heterocycles. The second-order valence-electron chi connectivity index (χ2n) is 6.49. The van der Waals surface area contributed by atoms with Crippen molar-refractivity contribution < 1.29 is 14.2 Å². The van der Waals surface area contributed by atoms with Gasteiger partial charge in [-0.3, -0.25) is 5.43 Å². The number of halogens is 1. The number of nitrogens with zero attached hydrogens (tertiary/aromatic N) is 2. The van der Waals surface area contributed by atoms with Crippen LogP contribution in [0, 0.1) is 0 Å². The van der Waals surface area contributed by atoms with Gasteiger partial charge in [0, 0.05) is 21.7 Å². The van der Waals surface area contributed by atoms with Gasteiger partial charge in [-0.2, -0.15) is 5.10 Å². The van der Waals surface area contributed by atoms with Gasteiger partial charge >= 0.3 is 0 Å². The van der Waals surface area contributed by atoms with Crippen LogP contribution < -0.4 is 19.6 Å². The average Bonchev–Trinajstić information content (AvgIpc) is 2.98. The van der Waals surface area contributed by atoms with E-state index in [1.165, 1.54) is 0 Å². The molecule has 152 valence electrons. The molecule has 0 bridgehead atoms. The third-order valence-corrected chi connectivity index (χ3v) is 4.99. The van der Waals surface area contributed by atoms with Crippen molar-refractivity contribution in [2.45, 2.75) is 0 Å². The molecule has 30 heavy (non-hydrogen) atoms. The third kappa shape index (κ3) is 3.82. The van der Waals surface area contributed by atoms with Crippen molar-refractivity contribution in [3.05, 3.63) is 82.4 Å². The van der Waals surface area contributed by atoms with Gasteiger partial charge in [-0.25, -0.2) is 4.99 Å². The average molecular weight is 422 g/mol. The highest BCUT2D eigenvalue weighted by Crippen LogP contribution is 2.33. The van der Waals surface area contributed by atoms with Crippen molar-refractivity contribution >= 4 is 28.8 Å². The number of rotatable bonds is 5. The summed E-state index contributed by atoms with van der Waals surface area (Å²) in [6.45, 7) is 0. The summed E-state index contributed by atoms with van der Waals surface area (Å²) < 4.78 is 16.3. The fourth-order valence-electron chi connectivity index (χ4n) is 3.18. The summed E-state index contributed by atoms with van der Waals surface area (Å²) >= 11 is 6.03. The van der Waals surface area contributed by atoms with Gasteiger partial charge in [-0.05, 0) is 60.7 Å². The molecule has 0 saturated heterocycles. The zero-order chi connectivity index (χ0) is 21.1. The highest BCUT2D eigenvalue weighted by atomic mass is 35.5. The van der Waals surface area contributed by atoms with Crippen LogP contribution in [-0.2, 0) is 0 Å². The molecule has 6 nitrogen and oxygen atoms in total. The molecule has 0 aliphatic carbocycles. The van der Waals surface area contributed by atoms with E-state index in [4.69, 9.17) is 30.8 Å². The molecular weight excluding hydrogens is 402 g/mol.